The van der Waals surface area contributed by atoms with Gasteiger partial charge in [0, 0.05) is 18.5 Å². The summed E-state index contributed by atoms with van der Waals surface area (Å²) in [6, 6.07) is 1.55. The minimum absolute atomic E-state index is 0.0345. The first-order valence-corrected chi connectivity index (χ1v) is 6.90. The number of benzene rings is 1. The molecule has 108 valence electrons. The first kappa shape index (κ1) is 14.4. The van der Waals surface area contributed by atoms with E-state index in [1.165, 1.54) is 12.6 Å². The maximum absolute atomic E-state index is 11.9. The van der Waals surface area contributed by atoms with Gasteiger partial charge in [-0.25, -0.2) is 0 Å². The first-order chi connectivity index (χ1) is 9.45. The van der Waals surface area contributed by atoms with Crippen LogP contribution in [0.3, 0.4) is 0 Å². The second-order valence-corrected chi connectivity index (χ2v) is 5.44. The number of amides is 1. The van der Waals surface area contributed by atoms with E-state index in [-0.39, 0.29) is 28.9 Å². The Morgan fingerprint density at radius 2 is 2.05 bits per heavy atom. The molecule has 1 amide bonds. The molecular formula is C16H21NO3. The van der Waals surface area contributed by atoms with Crippen LogP contribution < -0.4 is 5.32 Å². The lowest BCUT2D eigenvalue weighted by Gasteiger charge is -2.23. The molecule has 1 aliphatic carbocycles. The summed E-state index contributed by atoms with van der Waals surface area (Å²) in [4.78, 5) is 11.9. The van der Waals surface area contributed by atoms with Crippen LogP contribution in [0, 0.1) is 6.92 Å². The molecule has 0 saturated carbocycles. The lowest BCUT2D eigenvalue weighted by Crippen LogP contribution is -2.20. The summed E-state index contributed by atoms with van der Waals surface area (Å²) in [5.41, 5.74) is 2.53. The molecule has 4 nitrogen and oxygen atoms in total. The molecule has 1 unspecified atom stereocenters. The third kappa shape index (κ3) is 2.50. The summed E-state index contributed by atoms with van der Waals surface area (Å²) in [6.45, 7) is 3.75. The molecule has 0 heterocycles. The second-order valence-electron chi connectivity index (χ2n) is 5.44. The van der Waals surface area contributed by atoms with Crippen molar-refractivity contribution in [2.24, 2.45) is 0 Å². The summed E-state index contributed by atoms with van der Waals surface area (Å²) in [5, 5.41) is 23.1. The van der Waals surface area contributed by atoms with Crippen LogP contribution >= 0.6 is 0 Å². The van der Waals surface area contributed by atoms with Crippen LogP contribution in [-0.4, -0.2) is 23.2 Å². The molecule has 0 aliphatic heterocycles. The lowest BCUT2D eigenvalue weighted by atomic mass is 9.83. The maximum atomic E-state index is 11.9. The molecule has 2 rings (SSSR count). The van der Waals surface area contributed by atoms with E-state index in [4.69, 9.17) is 0 Å². The van der Waals surface area contributed by atoms with Crippen molar-refractivity contribution in [3.05, 3.63) is 34.4 Å². The Hall–Kier alpha value is -1.97. The predicted molar refractivity (Wildman–Crippen MR) is 78.2 cm³/mol. The first-order valence-electron chi connectivity index (χ1n) is 6.90. The Morgan fingerprint density at radius 1 is 1.35 bits per heavy atom. The average Bonchev–Trinajstić information content (AvgIpc) is 2.37. The van der Waals surface area contributed by atoms with Gasteiger partial charge < -0.3 is 15.5 Å². The quantitative estimate of drug-likeness (QED) is 0.727. The Bertz CT molecular complexity index is 576. The summed E-state index contributed by atoms with van der Waals surface area (Å²) in [6.07, 6.45) is 5.01. The number of nitrogens with one attached hydrogen (secondary N) is 1. The minimum atomic E-state index is -0.335. The van der Waals surface area contributed by atoms with Crippen molar-refractivity contribution in [2.75, 3.05) is 7.05 Å². The van der Waals surface area contributed by atoms with Crippen LogP contribution in [0.25, 0.3) is 0 Å². The van der Waals surface area contributed by atoms with Crippen molar-refractivity contribution in [3.63, 3.8) is 0 Å². The fourth-order valence-corrected chi connectivity index (χ4v) is 2.91. The third-order valence-corrected chi connectivity index (χ3v) is 3.91. The number of carbonyl (C=O) groups is 1. The number of rotatable bonds is 2. The Kier molecular flexibility index (Phi) is 4.02. The molecule has 1 aromatic carbocycles. The smallest absolute Gasteiger partial charge is 0.255 e. The standard InChI is InChI=1S/C16H21NO3/c1-9-5-4-6-11(7-9)14-12(18)8-10(2)13(15(14)19)16(20)17-3/h7-8,11,18-19H,4-6H2,1-3H3,(H,17,20). The normalized spacial score (nSPS) is 18.6. The highest BCUT2D eigenvalue weighted by molar-refractivity contribution is 5.99. The van der Waals surface area contributed by atoms with Gasteiger partial charge in [-0.05, 0) is 44.7 Å². The SMILES string of the molecule is CNC(=O)c1c(C)cc(O)c(C2C=C(C)CCC2)c1O. The molecule has 4 heteroatoms. The van der Waals surface area contributed by atoms with E-state index >= 15 is 0 Å². The fraction of sp³-hybridized carbons (Fsp3) is 0.438. The van der Waals surface area contributed by atoms with E-state index in [1.807, 2.05) is 6.92 Å². The van der Waals surface area contributed by atoms with Gasteiger partial charge in [-0.15, -0.1) is 0 Å². The molecule has 1 aromatic rings. The predicted octanol–water partition coefficient (Wildman–Crippen LogP) is 2.98. The number of aryl methyl sites for hydroxylation is 1. The summed E-state index contributed by atoms with van der Waals surface area (Å²) < 4.78 is 0. The number of hydrogen-bond donors (Lipinski definition) is 3. The highest BCUT2D eigenvalue weighted by Gasteiger charge is 2.26. The molecule has 0 spiro atoms. The number of aromatic hydroxyl groups is 2. The zero-order chi connectivity index (χ0) is 14.9. The molecule has 1 atom stereocenters. The van der Waals surface area contributed by atoms with Crippen molar-refractivity contribution < 1.29 is 15.0 Å². The Balaban J connectivity index is 2.58. The number of carbonyl (C=O) groups excluding carboxylic acids is 1. The van der Waals surface area contributed by atoms with E-state index in [1.54, 1.807) is 13.0 Å². The van der Waals surface area contributed by atoms with Crippen molar-refractivity contribution >= 4 is 5.91 Å². The fourth-order valence-electron chi connectivity index (χ4n) is 2.91. The van der Waals surface area contributed by atoms with E-state index in [2.05, 4.69) is 11.4 Å². The molecule has 20 heavy (non-hydrogen) atoms. The lowest BCUT2D eigenvalue weighted by molar-refractivity contribution is 0.0959. The zero-order valence-electron chi connectivity index (χ0n) is 12.2. The number of phenolic OH excluding ortho intramolecular Hbond substituents is 2. The van der Waals surface area contributed by atoms with Crippen LogP contribution in [0.1, 0.15) is 53.6 Å². The van der Waals surface area contributed by atoms with Gasteiger partial charge in [0.25, 0.3) is 5.91 Å². The van der Waals surface area contributed by atoms with Crippen LogP contribution in [0.5, 0.6) is 11.5 Å². The van der Waals surface area contributed by atoms with Gasteiger partial charge in [-0.3, -0.25) is 4.79 Å². The third-order valence-electron chi connectivity index (χ3n) is 3.91. The van der Waals surface area contributed by atoms with Gasteiger partial charge in [0.1, 0.15) is 11.5 Å². The largest absolute Gasteiger partial charge is 0.507 e. The molecule has 0 aromatic heterocycles. The molecule has 0 fully saturated rings. The van der Waals surface area contributed by atoms with Gasteiger partial charge in [0.15, 0.2) is 0 Å². The Morgan fingerprint density at radius 3 is 2.65 bits per heavy atom. The number of phenols is 2. The van der Waals surface area contributed by atoms with E-state index in [9.17, 15) is 15.0 Å². The van der Waals surface area contributed by atoms with Gasteiger partial charge in [-0.2, -0.15) is 0 Å². The van der Waals surface area contributed by atoms with Gasteiger partial charge in [0.2, 0.25) is 0 Å². The average molecular weight is 275 g/mol. The van der Waals surface area contributed by atoms with Gasteiger partial charge in [-0.1, -0.05) is 11.6 Å². The molecule has 0 saturated heterocycles. The van der Waals surface area contributed by atoms with E-state index in [0.29, 0.717) is 11.1 Å². The summed E-state index contributed by atoms with van der Waals surface area (Å²) >= 11 is 0. The molecule has 0 bridgehead atoms. The second kappa shape index (κ2) is 5.57. The van der Waals surface area contributed by atoms with Crippen molar-refractivity contribution in [1.82, 2.24) is 5.32 Å². The highest BCUT2D eigenvalue weighted by atomic mass is 16.3. The molecule has 1 aliphatic rings. The van der Waals surface area contributed by atoms with Crippen LogP contribution in [-0.2, 0) is 0 Å². The van der Waals surface area contributed by atoms with Crippen LogP contribution in [0.15, 0.2) is 17.7 Å². The van der Waals surface area contributed by atoms with Gasteiger partial charge in [0.05, 0.1) is 5.56 Å². The van der Waals surface area contributed by atoms with Crippen LogP contribution in [0.2, 0.25) is 0 Å². The number of allylic oxidation sites excluding steroid dienone is 2. The summed E-state index contributed by atoms with van der Waals surface area (Å²) in [7, 11) is 1.53. The zero-order valence-corrected chi connectivity index (χ0v) is 12.2. The molecule has 0 radical (unpaired) electrons. The van der Waals surface area contributed by atoms with Crippen molar-refractivity contribution in [1.29, 1.82) is 0 Å². The monoisotopic (exact) mass is 275 g/mol. The maximum Gasteiger partial charge on any atom is 0.255 e. The van der Waals surface area contributed by atoms with Crippen molar-refractivity contribution in [3.8, 4) is 11.5 Å². The van der Waals surface area contributed by atoms with Gasteiger partial charge >= 0.3 is 0 Å². The van der Waals surface area contributed by atoms with Crippen LogP contribution in [0.4, 0.5) is 0 Å². The topological polar surface area (TPSA) is 69.6 Å². The minimum Gasteiger partial charge on any atom is -0.507 e. The van der Waals surface area contributed by atoms with E-state index in [0.717, 1.165) is 19.3 Å². The number of hydrogen-bond acceptors (Lipinski definition) is 3. The van der Waals surface area contributed by atoms with Crippen molar-refractivity contribution in [2.45, 2.75) is 39.0 Å². The molecular weight excluding hydrogens is 254 g/mol. The van der Waals surface area contributed by atoms with E-state index < -0.39 is 0 Å². The highest BCUT2D eigenvalue weighted by Crippen LogP contribution is 2.43. The Labute approximate surface area is 119 Å². The summed E-state index contributed by atoms with van der Waals surface area (Å²) in [5.74, 6) is -0.410. The molecule has 3 N–H and O–H groups in total.